The van der Waals surface area contributed by atoms with Crippen LogP contribution in [0.25, 0.3) is 12.2 Å². The van der Waals surface area contributed by atoms with Gasteiger partial charge < -0.3 is 4.74 Å². The number of hydrogen-bond donors (Lipinski definition) is 1. The third kappa shape index (κ3) is 8.16. The van der Waals surface area contributed by atoms with Crippen molar-refractivity contribution in [3.63, 3.8) is 0 Å². The number of rotatable bonds is 9. The molecule has 0 spiro atoms. The van der Waals surface area contributed by atoms with Gasteiger partial charge in [-0.25, -0.2) is 16.8 Å². The first-order valence-corrected chi connectivity index (χ1v) is 14.6. The number of benzene rings is 2. The minimum absolute atomic E-state index is 0.122. The van der Waals surface area contributed by atoms with E-state index in [-0.39, 0.29) is 16.3 Å². The zero-order valence-corrected chi connectivity index (χ0v) is 22.6. The minimum Gasteiger partial charge on any atom is -0.459 e. The van der Waals surface area contributed by atoms with Crippen LogP contribution in [0.4, 0.5) is 11.4 Å². The van der Waals surface area contributed by atoms with Crippen molar-refractivity contribution >= 4 is 49.5 Å². The average Bonchev–Trinajstić information content (AvgIpc) is 2.80. The molecule has 0 atom stereocenters. The number of hydrogen-bond acceptors (Lipinski definition) is 7. The van der Waals surface area contributed by atoms with E-state index in [2.05, 4.69) is 9.71 Å². The summed E-state index contributed by atoms with van der Waals surface area (Å²) in [6.45, 7) is 4.52. The number of sulfonamides is 2. The summed E-state index contributed by atoms with van der Waals surface area (Å²) >= 11 is 0. The van der Waals surface area contributed by atoms with Crippen molar-refractivity contribution in [2.75, 3.05) is 21.8 Å². The number of aromatic nitrogens is 1. The SMILES string of the molecule is CC(C)(C)OC(=O)CN(c1ccccc1/C=C/c1ccncc1)S(=O)(=O)c1ccc(NS(C)(=O)=O)cc1. The topological polar surface area (TPSA) is 123 Å². The Labute approximate surface area is 217 Å². The Bertz CT molecular complexity index is 1480. The molecule has 1 heterocycles. The van der Waals surface area contributed by atoms with E-state index < -0.39 is 38.2 Å². The van der Waals surface area contributed by atoms with E-state index in [9.17, 15) is 21.6 Å². The zero-order chi connectivity index (χ0) is 27.3. The molecule has 0 aliphatic heterocycles. The molecule has 0 unspecified atom stereocenters. The Morgan fingerprint density at radius 2 is 1.57 bits per heavy atom. The van der Waals surface area contributed by atoms with Gasteiger partial charge in [0.1, 0.15) is 12.1 Å². The van der Waals surface area contributed by atoms with Gasteiger partial charge in [0.25, 0.3) is 10.0 Å². The van der Waals surface area contributed by atoms with E-state index in [4.69, 9.17) is 4.74 Å². The van der Waals surface area contributed by atoms with Crippen molar-refractivity contribution in [1.82, 2.24) is 4.98 Å². The first-order valence-electron chi connectivity index (χ1n) is 11.2. The number of nitrogens with zero attached hydrogens (tertiary/aromatic N) is 2. The standard InChI is InChI=1S/C26H29N3O6S2/c1-26(2,3)35-25(30)19-29(37(33,34)23-13-11-22(12-14-23)28-36(4,31)32)24-8-6-5-7-21(24)10-9-20-15-17-27-18-16-20/h5-18,28H,19H2,1-4H3/b10-9+. The summed E-state index contributed by atoms with van der Waals surface area (Å²) in [4.78, 5) is 16.7. The lowest BCUT2D eigenvalue weighted by Gasteiger charge is -2.27. The normalized spacial score (nSPS) is 12.3. The van der Waals surface area contributed by atoms with Crippen LogP contribution in [0.3, 0.4) is 0 Å². The van der Waals surface area contributed by atoms with Crippen molar-refractivity contribution in [3.05, 3.63) is 84.2 Å². The molecule has 3 aromatic rings. The van der Waals surface area contributed by atoms with Crippen LogP contribution in [0.15, 0.2) is 78.0 Å². The van der Waals surface area contributed by atoms with E-state index in [0.29, 0.717) is 5.56 Å². The third-order valence-electron chi connectivity index (χ3n) is 4.81. The number of pyridine rings is 1. The predicted octanol–water partition coefficient (Wildman–Crippen LogP) is 4.16. The van der Waals surface area contributed by atoms with Crippen LogP contribution < -0.4 is 9.03 Å². The summed E-state index contributed by atoms with van der Waals surface area (Å²) in [5.41, 5.74) is 1.09. The van der Waals surface area contributed by atoms with E-state index >= 15 is 0 Å². The average molecular weight is 544 g/mol. The summed E-state index contributed by atoms with van der Waals surface area (Å²) in [7, 11) is -7.79. The number of nitrogens with one attached hydrogen (secondary N) is 1. The molecular formula is C26H29N3O6S2. The van der Waals surface area contributed by atoms with Crippen LogP contribution in [0.1, 0.15) is 31.9 Å². The van der Waals surface area contributed by atoms with Gasteiger partial charge in [-0.1, -0.05) is 30.4 Å². The highest BCUT2D eigenvalue weighted by Gasteiger charge is 2.30. The van der Waals surface area contributed by atoms with Crippen LogP contribution in [0.2, 0.25) is 0 Å². The van der Waals surface area contributed by atoms with Crippen LogP contribution in [0.5, 0.6) is 0 Å². The summed E-state index contributed by atoms with van der Waals surface area (Å²) < 4.78 is 59.3. The summed E-state index contributed by atoms with van der Waals surface area (Å²) in [6, 6.07) is 15.6. The van der Waals surface area contributed by atoms with E-state index in [1.54, 1.807) is 75.6 Å². The summed E-state index contributed by atoms with van der Waals surface area (Å²) in [5.74, 6) is -0.723. The van der Waals surface area contributed by atoms with E-state index in [0.717, 1.165) is 16.1 Å². The number of carbonyl (C=O) groups excluding carboxylic acids is 1. The Morgan fingerprint density at radius 3 is 2.16 bits per heavy atom. The van der Waals surface area contributed by atoms with Crippen molar-refractivity contribution < 1.29 is 26.4 Å². The molecule has 1 N–H and O–H groups in total. The molecule has 3 rings (SSSR count). The van der Waals surface area contributed by atoms with E-state index in [1.165, 1.54) is 24.3 Å². The molecule has 37 heavy (non-hydrogen) atoms. The van der Waals surface area contributed by atoms with Gasteiger partial charge in [0.05, 0.1) is 16.8 Å². The van der Waals surface area contributed by atoms with Gasteiger partial charge in [-0.3, -0.25) is 18.8 Å². The summed E-state index contributed by atoms with van der Waals surface area (Å²) in [6.07, 6.45) is 7.85. The van der Waals surface area contributed by atoms with Gasteiger partial charge in [0, 0.05) is 18.1 Å². The maximum Gasteiger partial charge on any atom is 0.327 e. The smallest absolute Gasteiger partial charge is 0.327 e. The number of carbonyl (C=O) groups is 1. The quantitative estimate of drug-likeness (QED) is 0.402. The van der Waals surface area contributed by atoms with Gasteiger partial charge in [0.2, 0.25) is 10.0 Å². The van der Waals surface area contributed by atoms with Gasteiger partial charge in [-0.15, -0.1) is 0 Å². The van der Waals surface area contributed by atoms with Crippen molar-refractivity contribution in [2.45, 2.75) is 31.3 Å². The highest BCUT2D eigenvalue weighted by atomic mass is 32.2. The molecular weight excluding hydrogens is 514 g/mol. The lowest BCUT2D eigenvalue weighted by atomic mass is 10.1. The molecule has 0 fully saturated rings. The molecule has 196 valence electrons. The lowest BCUT2D eigenvalue weighted by molar-refractivity contribution is -0.152. The maximum atomic E-state index is 13.8. The monoisotopic (exact) mass is 543 g/mol. The molecule has 0 amide bonds. The zero-order valence-electron chi connectivity index (χ0n) is 21.0. The second-order valence-corrected chi connectivity index (χ2v) is 12.8. The van der Waals surface area contributed by atoms with Crippen LogP contribution in [-0.4, -0.2) is 46.2 Å². The second kappa shape index (κ2) is 11.1. The lowest BCUT2D eigenvalue weighted by Crippen LogP contribution is -2.39. The van der Waals surface area contributed by atoms with Crippen molar-refractivity contribution in [1.29, 1.82) is 0 Å². The third-order valence-corrected chi connectivity index (χ3v) is 7.19. The number of para-hydroxylation sites is 1. The molecule has 0 bridgehead atoms. The highest BCUT2D eigenvalue weighted by molar-refractivity contribution is 7.93. The Kier molecular flexibility index (Phi) is 8.39. The van der Waals surface area contributed by atoms with Gasteiger partial charge >= 0.3 is 5.97 Å². The molecule has 0 aliphatic rings. The maximum absolute atomic E-state index is 13.8. The minimum atomic E-state index is -4.26. The van der Waals surface area contributed by atoms with Gasteiger partial charge in [0.15, 0.2) is 0 Å². The molecule has 0 saturated carbocycles. The Morgan fingerprint density at radius 1 is 0.946 bits per heavy atom. The molecule has 0 aliphatic carbocycles. The second-order valence-electron chi connectivity index (χ2n) is 9.17. The summed E-state index contributed by atoms with van der Waals surface area (Å²) in [5, 5.41) is 0. The Balaban J connectivity index is 2.06. The first kappa shape index (κ1) is 27.9. The van der Waals surface area contributed by atoms with Crippen molar-refractivity contribution in [3.8, 4) is 0 Å². The molecule has 1 aromatic heterocycles. The van der Waals surface area contributed by atoms with Crippen LogP contribution >= 0.6 is 0 Å². The fraction of sp³-hybridized carbons (Fsp3) is 0.231. The fourth-order valence-corrected chi connectivity index (χ4v) is 5.34. The van der Waals surface area contributed by atoms with Crippen LogP contribution in [0, 0.1) is 0 Å². The van der Waals surface area contributed by atoms with Gasteiger partial charge in [-0.05, 0) is 74.4 Å². The largest absolute Gasteiger partial charge is 0.459 e. The molecule has 2 aromatic carbocycles. The van der Waals surface area contributed by atoms with Gasteiger partial charge in [-0.2, -0.15) is 0 Å². The number of ether oxygens (including phenoxy) is 1. The molecule has 11 heteroatoms. The molecule has 0 radical (unpaired) electrons. The number of esters is 1. The van der Waals surface area contributed by atoms with Crippen molar-refractivity contribution in [2.24, 2.45) is 0 Å². The fourth-order valence-electron chi connectivity index (χ4n) is 3.34. The van der Waals surface area contributed by atoms with E-state index in [1.807, 2.05) is 6.08 Å². The first-order chi connectivity index (χ1) is 17.2. The predicted molar refractivity (Wildman–Crippen MR) is 145 cm³/mol. The van der Waals surface area contributed by atoms with Crippen LogP contribution in [-0.2, 0) is 29.6 Å². The highest BCUT2D eigenvalue weighted by Crippen LogP contribution is 2.29. The number of anilines is 2. The Hall–Kier alpha value is -3.70. The molecule has 0 saturated heterocycles. The molecule has 9 nitrogen and oxygen atoms in total.